The molecule has 0 spiro atoms. The maximum absolute atomic E-state index is 11.9. The molecule has 1 aromatic carbocycles. The van der Waals surface area contributed by atoms with Gasteiger partial charge >= 0.3 is 6.18 Å². The van der Waals surface area contributed by atoms with Crippen LogP contribution in [-0.4, -0.2) is 17.6 Å². The molecule has 0 amide bonds. The molecule has 0 saturated carbocycles. The predicted octanol–water partition coefficient (Wildman–Crippen LogP) is 3.74. The van der Waals surface area contributed by atoms with E-state index in [9.17, 15) is 23.3 Å². The van der Waals surface area contributed by atoms with E-state index in [-0.39, 0.29) is 18.7 Å². The zero-order valence-electron chi connectivity index (χ0n) is 9.54. The minimum Gasteiger partial charge on any atom is -0.379 e. The number of benzene rings is 1. The van der Waals surface area contributed by atoms with Crippen LogP contribution in [0.5, 0.6) is 0 Å². The van der Waals surface area contributed by atoms with Gasteiger partial charge < -0.3 is 5.32 Å². The standard InChI is InChI=1S/C11H13F3N2O2/c12-11(13,14)7-3-4-8-15-9-5-1-2-6-10(9)16(17)18/h1-2,5-6,15H,3-4,7-8H2. The smallest absolute Gasteiger partial charge is 0.379 e. The summed E-state index contributed by atoms with van der Waals surface area (Å²) in [7, 11) is 0. The Morgan fingerprint density at radius 3 is 2.50 bits per heavy atom. The first kappa shape index (κ1) is 14.3. The molecule has 0 atom stereocenters. The SMILES string of the molecule is O=[N+]([O-])c1ccccc1NCCCCC(F)(F)F. The molecule has 1 N–H and O–H groups in total. The lowest BCUT2D eigenvalue weighted by molar-refractivity contribution is -0.384. The highest BCUT2D eigenvalue weighted by Crippen LogP contribution is 2.24. The van der Waals surface area contributed by atoms with Gasteiger partial charge in [-0.15, -0.1) is 0 Å². The molecule has 18 heavy (non-hydrogen) atoms. The van der Waals surface area contributed by atoms with Gasteiger partial charge in [0.1, 0.15) is 5.69 Å². The highest BCUT2D eigenvalue weighted by Gasteiger charge is 2.25. The van der Waals surface area contributed by atoms with Crippen molar-refractivity contribution in [3.05, 3.63) is 34.4 Å². The summed E-state index contributed by atoms with van der Waals surface area (Å²) in [5, 5.41) is 13.4. The highest BCUT2D eigenvalue weighted by atomic mass is 19.4. The minimum absolute atomic E-state index is 0.0110. The average Bonchev–Trinajstić information content (AvgIpc) is 2.27. The number of alkyl halides is 3. The number of nitrogens with zero attached hydrogens (tertiary/aromatic N) is 1. The van der Waals surface area contributed by atoms with E-state index in [2.05, 4.69) is 5.32 Å². The lowest BCUT2D eigenvalue weighted by atomic mass is 10.2. The summed E-state index contributed by atoms with van der Waals surface area (Å²) in [6.45, 7) is 0.279. The van der Waals surface area contributed by atoms with Crippen molar-refractivity contribution in [2.45, 2.75) is 25.4 Å². The monoisotopic (exact) mass is 262 g/mol. The van der Waals surface area contributed by atoms with Gasteiger partial charge in [-0.1, -0.05) is 12.1 Å². The quantitative estimate of drug-likeness (QED) is 0.482. The van der Waals surface area contributed by atoms with Crippen LogP contribution in [0.1, 0.15) is 19.3 Å². The number of halogens is 3. The van der Waals surface area contributed by atoms with E-state index in [0.717, 1.165) is 0 Å². The van der Waals surface area contributed by atoms with Gasteiger partial charge in [-0.05, 0) is 18.9 Å². The zero-order chi connectivity index (χ0) is 13.6. The van der Waals surface area contributed by atoms with Gasteiger partial charge in [0.2, 0.25) is 0 Å². The molecule has 4 nitrogen and oxygen atoms in total. The van der Waals surface area contributed by atoms with Crippen LogP contribution in [0.2, 0.25) is 0 Å². The Balaban J connectivity index is 2.38. The molecular formula is C11H13F3N2O2. The van der Waals surface area contributed by atoms with Crippen molar-refractivity contribution in [1.29, 1.82) is 0 Å². The summed E-state index contributed by atoms with van der Waals surface area (Å²) < 4.78 is 35.6. The first-order valence-electron chi connectivity index (χ1n) is 5.44. The fourth-order valence-electron chi connectivity index (χ4n) is 1.46. The fraction of sp³-hybridized carbons (Fsp3) is 0.455. The van der Waals surface area contributed by atoms with Crippen molar-refractivity contribution in [2.24, 2.45) is 0 Å². The molecule has 0 aromatic heterocycles. The second kappa shape index (κ2) is 6.23. The van der Waals surface area contributed by atoms with Crippen molar-refractivity contribution in [3.63, 3.8) is 0 Å². The highest BCUT2D eigenvalue weighted by molar-refractivity contribution is 5.60. The third-order valence-corrected chi connectivity index (χ3v) is 2.30. The number of nitrogens with one attached hydrogen (secondary N) is 1. The van der Waals surface area contributed by atoms with E-state index in [1.165, 1.54) is 18.2 Å². The Labute approximate surface area is 102 Å². The predicted molar refractivity (Wildman–Crippen MR) is 61.5 cm³/mol. The number of anilines is 1. The summed E-state index contributed by atoms with van der Waals surface area (Å²) in [6.07, 6.45) is -4.65. The molecule has 1 aromatic rings. The number of unbranched alkanes of at least 4 members (excludes halogenated alkanes) is 1. The van der Waals surface area contributed by atoms with E-state index in [1.807, 2.05) is 0 Å². The minimum atomic E-state index is -4.14. The number of para-hydroxylation sites is 2. The Morgan fingerprint density at radius 2 is 1.89 bits per heavy atom. The largest absolute Gasteiger partial charge is 0.389 e. The summed E-state index contributed by atoms with van der Waals surface area (Å²) in [5.74, 6) is 0. The van der Waals surface area contributed by atoms with Gasteiger partial charge in [-0.2, -0.15) is 13.2 Å². The lowest BCUT2D eigenvalue weighted by Crippen LogP contribution is -2.09. The summed E-state index contributed by atoms with van der Waals surface area (Å²) >= 11 is 0. The lowest BCUT2D eigenvalue weighted by Gasteiger charge is -2.08. The molecule has 1 rings (SSSR count). The van der Waals surface area contributed by atoms with E-state index >= 15 is 0 Å². The molecule has 0 saturated heterocycles. The maximum atomic E-state index is 11.9. The summed E-state index contributed by atoms with van der Waals surface area (Å²) in [6, 6.07) is 6.04. The van der Waals surface area contributed by atoms with Crippen LogP contribution in [0.15, 0.2) is 24.3 Å². The van der Waals surface area contributed by atoms with Crippen LogP contribution in [0.25, 0.3) is 0 Å². The Hall–Kier alpha value is -1.79. The normalized spacial score (nSPS) is 11.3. The fourth-order valence-corrected chi connectivity index (χ4v) is 1.46. The van der Waals surface area contributed by atoms with Crippen LogP contribution in [-0.2, 0) is 0 Å². The number of nitro groups is 1. The number of hydrogen-bond donors (Lipinski definition) is 1. The van der Waals surface area contributed by atoms with Crippen molar-refractivity contribution in [1.82, 2.24) is 0 Å². The van der Waals surface area contributed by atoms with E-state index < -0.39 is 17.5 Å². The molecule has 0 fully saturated rings. The van der Waals surface area contributed by atoms with Crippen molar-refractivity contribution >= 4 is 11.4 Å². The van der Waals surface area contributed by atoms with Crippen LogP contribution in [0, 0.1) is 10.1 Å². The topological polar surface area (TPSA) is 55.2 Å². The van der Waals surface area contributed by atoms with Gasteiger partial charge in [0.15, 0.2) is 0 Å². The van der Waals surface area contributed by atoms with Crippen LogP contribution in [0.3, 0.4) is 0 Å². The van der Waals surface area contributed by atoms with Gasteiger partial charge in [0, 0.05) is 19.0 Å². The second-order valence-electron chi connectivity index (χ2n) is 3.77. The van der Waals surface area contributed by atoms with Gasteiger partial charge in [-0.3, -0.25) is 10.1 Å². The molecule has 0 bridgehead atoms. The first-order valence-corrected chi connectivity index (χ1v) is 5.44. The number of rotatable bonds is 6. The van der Waals surface area contributed by atoms with E-state index in [1.54, 1.807) is 6.07 Å². The maximum Gasteiger partial charge on any atom is 0.389 e. The van der Waals surface area contributed by atoms with Gasteiger partial charge in [0.25, 0.3) is 5.69 Å². The third-order valence-electron chi connectivity index (χ3n) is 2.30. The average molecular weight is 262 g/mol. The van der Waals surface area contributed by atoms with Gasteiger partial charge in [0.05, 0.1) is 4.92 Å². The summed E-state index contributed by atoms with van der Waals surface area (Å²) in [4.78, 5) is 10.1. The van der Waals surface area contributed by atoms with E-state index in [4.69, 9.17) is 0 Å². The molecule has 0 radical (unpaired) electrons. The third kappa shape index (κ3) is 5.03. The van der Waals surface area contributed by atoms with Crippen LogP contribution < -0.4 is 5.32 Å². The first-order chi connectivity index (χ1) is 8.40. The molecule has 7 heteroatoms. The van der Waals surface area contributed by atoms with Crippen LogP contribution >= 0.6 is 0 Å². The number of hydrogen-bond acceptors (Lipinski definition) is 3. The van der Waals surface area contributed by atoms with Crippen molar-refractivity contribution in [2.75, 3.05) is 11.9 Å². The summed E-state index contributed by atoms with van der Waals surface area (Å²) in [5.41, 5.74) is 0.253. The molecule has 0 aliphatic carbocycles. The van der Waals surface area contributed by atoms with Crippen molar-refractivity contribution < 1.29 is 18.1 Å². The molecule has 0 aliphatic heterocycles. The molecule has 0 heterocycles. The number of nitro benzene ring substituents is 1. The Bertz CT molecular complexity index is 408. The van der Waals surface area contributed by atoms with Gasteiger partial charge in [-0.25, -0.2) is 0 Å². The zero-order valence-corrected chi connectivity index (χ0v) is 9.54. The molecule has 100 valence electrons. The molecular weight excluding hydrogens is 249 g/mol. The Kier molecular flexibility index (Phi) is 4.94. The van der Waals surface area contributed by atoms with Crippen LogP contribution in [0.4, 0.5) is 24.5 Å². The molecule has 0 unspecified atom stereocenters. The second-order valence-corrected chi connectivity index (χ2v) is 3.77. The Morgan fingerprint density at radius 1 is 1.22 bits per heavy atom. The van der Waals surface area contributed by atoms with E-state index in [0.29, 0.717) is 12.1 Å². The molecule has 0 aliphatic rings. The van der Waals surface area contributed by atoms with Crippen molar-refractivity contribution in [3.8, 4) is 0 Å².